The monoisotopic (exact) mass is 309 g/mol. The van der Waals surface area contributed by atoms with Gasteiger partial charge in [-0.05, 0) is 12.1 Å². The van der Waals surface area contributed by atoms with E-state index in [9.17, 15) is 8.42 Å². The molecular formula is C13H15N3O4S. The smallest absolute Gasteiger partial charge is 0.318 e. The third kappa shape index (κ3) is 4.40. The molecule has 0 bridgehead atoms. The Hall–Kier alpha value is -2.19. The van der Waals surface area contributed by atoms with Crippen LogP contribution in [0.4, 0.5) is 5.82 Å². The Morgan fingerprint density at radius 2 is 1.90 bits per heavy atom. The van der Waals surface area contributed by atoms with E-state index in [0.717, 1.165) is 0 Å². The zero-order chi connectivity index (χ0) is 15.1. The third-order valence-corrected chi connectivity index (χ3v) is 3.82. The molecule has 1 heterocycles. The van der Waals surface area contributed by atoms with E-state index in [1.165, 1.54) is 24.4 Å². The highest BCUT2D eigenvalue weighted by Crippen LogP contribution is 2.15. The quantitative estimate of drug-likeness (QED) is 0.775. The highest BCUT2D eigenvalue weighted by molar-refractivity contribution is 7.92. The lowest BCUT2D eigenvalue weighted by Gasteiger charge is -2.08. The van der Waals surface area contributed by atoms with Gasteiger partial charge in [-0.25, -0.2) is 13.4 Å². The van der Waals surface area contributed by atoms with Crippen LogP contribution in [0, 0.1) is 0 Å². The minimum absolute atomic E-state index is 0.0836. The van der Waals surface area contributed by atoms with Crippen molar-refractivity contribution in [3.63, 3.8) is 0 Å². The summed E-state index contributed by atoms with van der Waals surface area (Å²) in [5.74, 6) is 0.140. The lowest BCUT2D eigenvalue weighted by atomic mass is 10.4. The highest BCUT2D eigenvalue weighted by atomic mass is 32.2. The van der Waals surface area contributed by atoms with Crippen molar-refractivity contribution in [2.24, 2.45) is 0 Å². The van der Waals surface area contributed by atoms with Crippen molar-refractivity contribution in [1.29, 1.82) is 0 Å². The molecule has 2 aromatic rings. The van der Waals surface area contributed by atoms with Gasteiger partial charge in [0.15, 0.2) is 0 Å². The van der Waals surface area contributed by atoms with Crippen LogP contribution in [0.5, 0.6) is 6.01 Å². The van der Waals surface area contributed by atoms with Gasteiger partial charge in [0.05, 0.1) is 11.5 Å². The predicted octanol–water partition coefficient (Wildman–Crippen LogP) is 1.30. The van der Waals surface area contributed by atoms with Crippen LogP contribution in [0.25, 0.3) is 0 Å². The molecule has 8 heteroatoms. The first kappa shape index (κ1) is 15.2. The number of hydrogen-bond donors (Lipinski definition) is 1. The van der Waals surface area contributed by atoms with Crippen LogP contribution in [0.1, 0.15) is 0 Å². The summed E-state index contributed by atoms with van der Waals surface area (Å²) in [6, 6.07) is 9.57. The molecule has 1 aromatic heterocycles. The number of rotatable bonds is 7. The SMILES string of the molecule is COCCOc1nccc(NS(=O)(=O)c2ccccc2)n1. The molecule has 0 atom stereocenters. The summed E-state index contributed by atoms with van der Waals surface area (Å²) in [4.78, 5) is 8.02. The Bertz CT molecular complexity index is 677. The van der Waals surface area contributed by atoms with Crippen molar-refractivity contribution in [3.05, 3.63) is 42.6 Å². The molecule has 0 aliphatic rings. The first-order chi connectivity index (χ1) is 10.1. The van der Waals surface area contributed by atoms with Crippen LogP contribution >= 0.6 is 0 Å². The van der Waals surface area contributed by atoms with Crippen LogP contribution in [0.2, 0.25) is 0 Å². The van der Waals surface area contributed by atoms with Gasteiger partial charge in [0.1, 0.15) is 12.4 Å². The van der Waals surface area contributed by atoms with E-state index >= 15 is 0 Å². The fourth-order valence-corrected chi connectivity index (χ4v) is 2.50. The second kappa shape index (κ2) is 7.00. The molecule has 112 valence electrons. The maximum absolute atomic E-state index is 12.1. The van der Waals surface area contributed by atoms with Gasteiger partial charge in [0, 0.05) is 19.4 Å². The largest absolute Gasteiger partial charge is 0.461 e. The number of methoxy groups -OCH3 is 1. The predicted molar refractivity (Wildman–Crippen MR) is 76.7 cm³/mol. The van der Waals surface area contributed by atoms with Crippen molar-refractivity contribution in [1.82, 2.24) is 9.97 Å². The standard InChI is InChI=1S/C13H15N3O4S/c1-19-9-10-20-13-14-8-7-12(15-13)16-21(17,18)11-5-3-2-4-6-11/h2-8H,9-10H2,1H3,(H,14,15,16). The van der Waals surface area contributed by atoms with Crippen LogP contribution in [0.3, 0.4) is 0 Å². The van der Waals surface area contributed by atoms with Gasteiger partial charge >= 0.3 is 6.01 Å². The summed E-state index contributed by atoms with van der Waals surface area (Å²) in [6.45, 7) is 0.675. The van der Waals surface area contributed by atoms with E-state index in [-0.39, 0.29) is 23.3 Å². The molecule has 0 aliphatic heterocycles. The average Bonchev–Trinajstić information content (AvgIpc) is 2.48. The summed E-state index contributed by atoms with van der Waals surface area (Å²) >= 11 is 0. The molecule has 2 rings (SSSR count). The van der Waals surface area contributed by atoms with E-state index in [4.69, 9.17) is 9.47 Å². The Morgan fingerprint density at radius 3 is 2.62 bits per heavy atom. The van der Waals surface area contributed by atoms with Gasteiger partial charge in [-0.15, -0.1) is 0 Å². The molecule has 0 fully saturated rings. The summed E-state index contributed by atoms with van der Waals surface area (Å²) in [5.41, 5.74) is 0. The van der Waals surface area contributed by atoms with Gasteiger partial charge in [0.25, 0.3) is 10.0 Å². The number of ether oxygens (including phenoxy) is 2. The van der Waals surface area contributed by atoms with Crippen LogP contribution in [-0.2, 0) is 14.8 Å². The molecule has 7 nitrogen and oxygen atoms in total. The molecule has 0 spiro atoms. The molecule has 0 radical (unpaired) electrons. The fourth-order valence-electron chi connectivity index (χ4n) is 1.48. The summed E-state index contributed by atoms with van der Waals surface area (Å²) in [7, 11) is -2.13. The van der Waals surface area contributed by atoms with Crippen molar-refractivity contribution >= 4 is 15.8 Å². The Balaban J connectivity index is 2.11. The van der Waals surface area contributed by atoms with Crippen LogP contribution < -0.4 is 9.46 Å². The molecular weight excluding hydrogens is 294 g/mol. The highest BCUT2D eigenvalue weighted by Gasteiger charge is 2.14. The topological polar surface area (TPSA) is 90.4 Å². The molecule has 21 heavy (non-hydrogen) atoms. The van der Waals surface area contributed by atoms with E-state index in [1.807, 2.05) is 0 Å². The van der Waals surface area contributed by atoms with E-state index in [1.54, 1.807) is 25.3 Å². The lowest BCUT2D eigenvalue weighted by molar-refractivity contribution is 0.141. The summed E-state index contributed by atoms with van der Waals surface area (Å²) in [5, 5.41) is 0. The third-order valence-electron chi connectivity index (χ3n) is 2.44. The molecule has 0 aliphatic carbocycles. The average molecular weight is 309 g/mol. The van der Waals surface area contributed by atoms with E-state index in [2.05, 4.69) is 14.7 Å². The van der Waals surface area contributed by atoms with Gasteiger partial charge < -0.3 is 9.47 Å². The van der Waals surface area contributed by atoms with Gasteiger partial charge in [-0.1, -0.05) is 18.2 Å². The zero-order valence-corrected chi connectivity index (χ0v) is 12.2. The van der Waals surface area contributed by atoms with Gasteiger partial charge in [0.2, 0.25) is 0 Å². The summed E-state index contributed by atoms with van der Waals surface area (Å²) < 4.78 is 36.7. The first-order valence-electron chi connectivity index (χ1n) is 6.14. The van der Waals surface area contributed by atoms with E-state index < -0.39 is 10.0 Å². The number of aromatic nitrogens is 2. The molecule has 0 unspecified atom stereocenters. The van der Waals surface area contributed by atoms with Gasteiger partial charge in [-0.3, -0.25) is 4.72 Å². The zero-order valence-electron chi connectivity index (χ0n) is 11.4. The Morgan fingerprint density at radius 1 is 1.14 bits per heavy atom. The lowest BCUT2D eigenvalue weighted by Crippen LogP contribution is -2.14. The number of hydrogen-bond acceptors (Lipinski definition) is 6. The minimum Gasteiger partial charge on any atom is -0.461 e. The molecule has 1 N–H and O–H groups in total. The van der Waals surface area contributed by atoms with Crippen LogP contribution in [-0.4, -0.2) is 38.7 Å². The molecule has 1 aromatic carbocycles. The number of anilines is 1. The normalized spacial score (nSPS) is 11.1. The van der Waals surface area contributed by atoms with Crippen molar-refractivity contribution < 1.29 is 17.9 Å². The van der Waals surface area contributed by atoms with Crippen molar-refractivity contribution in [2.75, 3.05) is 25.0 Å². The molecule has 0 saturated heterocycles. The Kier molecular flexibility index (Phi) is 5.07. The van der Waals surface area contributed by atoms with Crippen molar-refractivity contribution in [2.45, 2.75) is 4.90 Å². The Labute approximate surface area is 123 Å². The number of benzene rings is 1. The number of nitrogens with one attached hydrogen (secondary N) is 1. The van der Waals surface area contributed by atoms with Crippen LogP contribution in [0.15, 0.2) is 47.5 Å². The maximum Gasteiger partial charge on any atom is 0.318 e. The number of sulfonamides is 1. The number of nitrogens with zero attached hydrogens (tertiary/aromatic N) is 2. The second-order valence-electron chi connectivity index (χ2n) is 3.98. The second-order valence-corrected chi connectivity index (χ2v) is 5.67. The van der Waals surface area contributed by atoms with E-state index in [0.29, 0.717) is 6.61 Å². The minimum atomic E-state index is -3.68. The molecule has 0 saturated carbocycles. The fraction of sp³-hybridized carbons (Fsp3) is 0.231. The van der Waals surface area contributed by atoms with Crippen molar-refractivity contribution in [3.8, 4) is 6.01 Å². The first-order valence-corrected chi connectivity index (χ1v) is 7.63. The maximum atomic E-state index is 12.1. The van der Waals surface area contributed by atoms with Gasteiger partial charge in [-0.2, -0.15) is 4.98 Å². The summed E-state index contributed by atoms with van der Waals surface area (Å²) in [6.07, 6.45) is 1.41. The molecule has 0 amide bonds.